The second-order valence-corrected chi connectivity index (χ2v) is 3.63. The highest BCUT2D eigenvalue weighted by atomic mass is 79.9. The van der Waals surface area contributed by atoms with Gasteiger partial charge in [-0.3, -0.25) is 4.79 Å². The number of carbonyl (C=O) groups excluding carboxylic acids is 1. The van der Waals surface area contributed by atoms with Crippen LogP contribution >= 0.6 is 27.3 Å². The van der Waals surface area contributed by atoms with Crippen LogP contribution in [0.4, 0.5) is 0 Å². The van der Waals surface area contributed by atoms with E-state index in [2.05, 4.69) is 15.9 Å². The van der Waals surface area contributed by atoms with Gasteiger partial charge in [0, 0.05) is 10.4 Å². The van der Waals surface area contributed by atoms with E-state index in [4.69, 9.17) is 0 Å². The number of rotatable bonds is 2. The van der Waals surface area contributed by atoms with Gasteiger partial charge in [0.05, 0.1) is 5.33 Å². The monoisotopic (exact) mass is 218 g/mol. The summed E-state index contributed by atoms with van der Waals surface area (Å²) in [5, 5.41) is 2.36. The molecule has 0 spiro atoms. The summed E-state index contributed by atoms with van der Waals surface area (Å²) in [5.74, 6) is 0.166. The summed E-state index contributed by atoms with van der Waals surface area (Å²) in [6, 6.07) is 1.86. The average Bonchev–Trinajstić information content (AvgIpc) is 2.34. The van der Waals surface area contributed by atoms with Gasteiger partial charge in [-0.1, -0.05) is 15.9 Å². The molecule has 0 amide bonds. The summed E-state index contributed by atoms with van der Waals surface area (Å²) in [6.45, 7) is 1.96. The molecule has 1 aromatic rings. The van der Waals surface area contributed by atoms with Gasteiger partial charge in [-0.2, -0.15) is 0 Å². The van der Waals surface area contributed by atoms with Crippen molar-refractivity contribution >= 4 is 33.0 Å². The molecule has 0 N–H and O–H groups in total. The lowest BCUT2D eigenvalue weighted by Crippen LogP contribution is -1.98. The quantitative estimate of drug-likeness (QED) is 0.552. The Labute approximate surface area is 72.2 Å². The van der Waals surface area contributed by atoms with Crippen molar-refractivity contribution in [3.8, 4) is 0 Å². The van der Waals surface area contributed by atoms with E-state index in [9.17, 15) is 4.79 Å². The highest BCUT2D eigenvalue weighted by molar-refractivity contribution is 9.09. The van der Waals surface area contributed by atoms with Crippen LogP contribution in [-0.4, -0.2) is 11.1 Å². The van der Waals surface area contributed by atoms with Crippen molar-refractivity contribution in [3.63, 3.8) is 0 Å². The SMILES string of the molecule is Cc1sccc1C(=O)CBr. The van der Waals surface area contributed by atoms with Gasteiger partial charge in [-0.25, -0.2) is 0 Å². The van der Waals surface area contributed by atoms with Gasteiger partial charge in [0.1, 0.15) is 0 Å². The normalized spacial score (nSPS) is 9.80. The van der Waals surface area contributed by atoms with Gasteiger partial charge in [0.25, 0.3) is 0 Å². The first kappa shape index (κ1) is 7.95. The molecule has 0 aliphatic rings. The topological polar surface area (TPSA) is 17.1 Å². The number of alkyl halides is 1. The number of halogens is 1. The summed E-state index contributed by atoms with van der Waals surface area (Å²) >= 11 is 4.73. The molecule has 10 heavy (non-hydrogen) atoms. The third kappa shape index (κ3) is 1.47. The fourth-order valence-electron chi connectivity index (χ4n) is 0.746. The Morgan fingerprint density at radius 3 is 2.90 bits per heavy atom. The molecule has 0 saturated heterocycles. The maximum Gasteiger partial charge on any atom is 0.174 e. The van der Waals surface area contributed by atoms with Gasteiger partial charge in [-0.15, -0.1) is 11.3 Å². The first-order chi connectivity index (χ1) is 4.75. The standard InChI is InChI=1S/C7H7BrOS/c1-5-6(2-3-10-5)7(9)4-8/h2-3H,4H2,1H3. The molecule has 0 unspecified atom stereocenters. The molecule has 0 bridgehead atoms. The zero-order valence-corrected chi connectivity index (χ0v) is 7.96. The van der Waals surface area contributed by atoms with Gasteiger partial charge < -0.3 is 0 Å². The molecule has 0 atom stereocenters. The Kier molecular flexibility index (Phi) is 2.63. The molecular weight excluding hydrogens is 212 g/mol. The summed E-state index contributed by atoms with van der Waals surface area (Å²) in [4.78, 5) is 12.2. The summed E-state index contributed by atoms with van der Waals surface area (Å²) in [7, 11) is 0. The zero-order chi connectivity index (χ0) is 7.56. The van der Waals surface area contributed by atoms with Crippen LogP contribution in [-0.2, 0) is 0 Å². The van der Waals surface area contributed by atoms with E-state index in [1.54, 1.807) is 11.3 Å². The zero-order valence-electron chi connectivity index (χ0n) is 5.56. The summed E-state index contributed by atoms with van der Waals surface area (Å²) < 4.78 is 0. The van der Waals surface area contributed by atoms with Crippen LogP contribution in [0, 0.1) is 6.92 Å². The number of thiophene rings is 1. The third-order valence-electron chi connectivity index (χ3n) is 1.28. The number of carbonyl (C=O) groups is 1. The molecule has 54 valence electrons. The van der Waals surface area contributed by atoms with Crippen LogP contribution in [0.25, 0.3) is 0 Å². The highest BCUT2D eigenvalue weighted by Crippen LogP contribution is 2.15. The fourth-order valence-corrected chi connectivity index (χ4v) is 1.77. The van der Waals surface area contributed by atoms with Crippen molar-refractivity contribution in [2.75, 3.05) is 5.33 Å². The Balaban J connectivity index is 2.93. The van der Waals surface area contributed by atoms with Crippen molar-refractivity contribution in [2.24, 2.45) is 0 Å². The van der Waals surface area contributed by atoms with Crippen molar-refractivity contribution in [1.29, 1.82) is 0 Å². The molecule has 0 fully saturated rings. The molecule has 1 nitrogen and oxygen atoms in total. The minimum atomic E-state index is 0.166. The Morgan fingerprint density at radius 2 is 2.50 bits per heavy atom. The van der Waals surface area contributed by atoms with Crippen molar-refractivity contribution in [3.05, 3.63) is 21.9 Å². The van der Waals surface area contributed by atoms with Crippen LogP contribution in [0.2, 0.25) is 0 Å². The number of hydrogen-bond donors (Lipinski definition) is 0. The number of ketones is 1. The Hall–Kier alpha value is -0.150. The highest BCUT2D eigenvalue weighted by Gasteiger charge is 2.06. The maximum atomic E-state index is 11.1. The van der Waals surface area contributed by atoms with Gasteiger partial charge in [0.15, 0.2) is 5.78 Å². The molecule has 0 aliphatic carbocycles. The van der Waals surface area contributed by atoms with Crippen LogP contribution in [0.3, 0.4) is 0 Å². The van der Waals surface area contributed by atoms with Crippen molar-refractivity contribution < 1.29 is 4.79 Å². The Morgan fingerprint density at radius 1 is 1.80 bits per heavy atom. The van der Waals surface area contributed by atoms with Crippen molar-refractivity contribution in [2.45, 2.75) is 6.92 Å². The summed E-state index contributed by atoms with van der Waals surface area (Å²) in [6.07, 6.45) is 0. The second kappa shape index (κ2) is 3.30. The molecule has 1 aromatic heterocycles. The largest absolute Gasteiger partial charge is 0.293 e. The smallest absolute Gasteiger partial charge is 0.174 e. The lowest BCUT2D eigenvalue weighted by Gasteiger charge is -1.91. The molecule has 1 heterocycles. The second-order valence-electron chi connectivity index (χ2n) is 1.95. The molecule has 1 rings (SSSR count). The van der Waals surface area contributed by atoms with E-state index in [1.165, 1.54) is 0 Å². The summed E-state index contributed by atoms with van der Waals surface area (Å²) in [5.41, 5.74) is 0.849. The van der Waals surface area contributed by atoms with Crippen LogP contribution in [0.5, 0.6) is 0 Å². The van der Waals surface area contributed by atoms with E-state index in [1.807, 2.05) is 18.4 Å². The van der Waals surface area contributed by atoms with Gasteiger partial charge in [-0.05, 0) is 18.4 Å². The van der Waals surface area contributed by atoms with Crippen LogP contribution in [0.15, 0.2) is 11.4 Å². The molecule has 0 aromatic carbocycles. The molecule has 0 saturated carbocycles. The molecular formula is C7H7BrOS. The number of Topliss-reactive ketones (excluding diaryl/α,β-unsaturated/α-hetero) is 1. The van der Waals surface area contributed by atoms with Crippen LogP contribution < -0.4 is 0 Å². The first-order valence-electron chi connectivity index (χ1n) is 2.89. The lowest BCUT2D eigenvalue weighted by molar-refractivity contribution is 0.102. The van der Waals surface area contributed by atoms with Crippen LogP contribution in [0.1, 0.15) is 15.2 Å². The van der Waals surface area contributed by atoms with E-state index < -0.39 is 0 Å². The predicted molar refractivity (Wildman–Crippen MR) is 47.2 cm³/mol. The molecule has 3 heteroatoms. The predicted octanol–water partition coefficient (Wildman–Crippen LogP) is 2.63. The van der Waals surface area contributed by atoms with E-state index >= 15 is 0 Å². The van der Waals surface area contributed by atoms with Gasteiger partial charge in [0.2, 0.25) is 0 Å². The maximum absolute atomic E-state index is 11.1. The van der Waals surface area contributed by atoms with Crippen molar-refractivity contribution in [1.82, 2.24) is 0 Å². The number of aryl methyl sites for hydroxylation is 1. The van der Waals surface area contributed by atoms with E-state index in [0.29, 0.717) is 5.33 Å². The minimum Gasteiger partial charge on any atom is -0.293 e. The first-order valence-corrected chi connectivity index (χ1v) is 4.89. The average molecular weight is 219 g/mol. The van der Waals surface area contributed by atoms with E-state index in [0.717, 1.165) is 10.4 Å². The minimum absolute atomic E-state index is 0.166. The van der Waals surface area contributed by atoms with E-state index in [-0.39, 0.29) is 5.78 Å². The lowest BCUT2D eigenvalue weighted by atomic mass is 10.2. The third-order valence-corrected chi connectivity index (χ3v) is 2.64. The van der Waals surface area contributed by atoms with Gasteiger partial charge >= 0.3 is 0 Å². The number of hydrogen-bond acceptors (Lipinski definition) is 2. The molecule has 0 aliphatic heterocycles. The Bertz CT molecular complexity index is 242. The molecule has 0 radical (unpaired) electrons. The fraction of sp³-hybridized carbons (Fsp3) is 0.286.